The molecule has 0 aromatic carbocycles. The molecule has 2 rings (SSSR count). The van der Waals surface area contributed by atoms with Crippen molar-refractivity contribution in [3.63, 3.8) is 0 Å². The second kappa shape index (κ2) is 4.51. The second-order valence-electron chi connectivity index (χ2n) is 5.95. The smallest absolute Gasteiger partial charge is 0.411 e. The molecule has 2 saturated heterocycles. The van der Waals surface area contributed by atoms with E-state index in [0.717, 1.165) is 0 Å². The first kappa shape index (κ1) is 13.8. The zero-order valence-corrected chi connectivity index (χ0v) is 11.6. The van der Waals surface area contributed by atoms with Crippen LogP contribution in [-0.2, 0) is 19.1 Å². The van der Waals surface area contributed by atoms with E-state index in [1.165, 1.54) is 12.0 Å². The Morgan fingerprint density at radius 1 is 1.26 bits per heavy atom. The molecule has 2 bridgehead atoms. The summed E-state index contributed by atoms with van der Waals surface area (Å²) in [5.41, 5.74) is -0.622. The van der Waals surface area contributed by atoms with Crippen molar-refractivity contribution < 1.29 is 23.9 Å². The molecule has 0 aliphatic carbocycles. The Balaban J connectivity index is 2.19. The maximum absolute atomic E-state index is 12.1. The number of ether oxygens (including phenoxy) is 2. The van der Waals surface area contributed by atoms with Crippen LogP contribution < -0.4 is 0 Å². The maximum atomic E-state index is 12.1. The van der Waals surface area contributed by atoms with E-state index < -0.39 is 35.7 Å². The Hall–Kier alpha value is -1.59. The summed E-state index contributed by atoms with van der Waals surface area (Å²) in [4.78, 5) is 37.3. The Kier molecular flexibility index (Phi) is 3.28. The highest BCUT2D eigenvalue weighted by molar-refractivity contribution is 6.07. The van der Waals surface area contributed by atoms with Crippen LogP contribution in [0, 0.1) is 5.92 Å². The van der Waals surface area contributed by atoms with Crippen molar-refractivity contribution in [3.05, 3.63) is 0 Å². The van der Waals surface area contributed by atoms with Gasteiger partial charge in [-0.1, -0.05) is 0 Å². The van der Waals surface area contributed by atoms with E-state index in [1.54, 1.807) is 20.8 Å². The van der Waals surface area contributed by atoms with Crippen molar-refractivity contribution >= 4 is 17.8 Å². The zero-order chi connectivity index (χ0) is 14.4. The third kappa shape index (κ3) is 2.31. The van der Waals surface area contributed by atoms with Gasteiger partial charge in [0.2, 0.25) is 0 Å². The van der Waals surface area contributed by atoms with Gasteiger partial charge in [0.25, 0.3) is 0 Å². The van der Waals surface area contributed by atoms with Gasteiger partial charge in [-0.25, -0.2) is 4.79 Å². The maximum Gasteiger partial charge on any atom is 0.411 e. The van der Waals surface area contributed by atoms with Gasteiger partial charge in [-0.2, -0.15) is 0 Å². The molecule has 6 nitrogen and oxygen atoms in total. The molecule has 1 amide bonds. The molecule has 2 fully saturated rings. The first-order valence-electron chi connectivity index (χ1n) is 6.39. The summed E-state index contributed by atoms with van der Waals surface area (Å²) in [5.74, 6) is -1.64. The average Bonchev–Trinajstić information content (AvgIpc) is 2.81. The van der Waals surface area contributed by atoms with Crippen molar-refractivity contribution in [3.8, 4) is 0 Å². The van der Waals surface area contributed by atoms with E-state index in [0.29, 0.717) is 12.8 Å². The standard InChI is InChI=1S/C13H19NO5/c1-13(2,3)19-12(17)14-7-5-6-8(14)10(15)9(7)11(16)18-4/h7-9H,5-6H2,1-4H3/t7-,8+,9?/m0/s1. The number of esters is 1. The van der Waals surface area contributed by atoms with Crippen LogP contribution in [0.5, 0.6) is 0 Å². The third-order valence-electron chi connectivity index (χ3n) is 3.51. The lowest BCUT2D eigenvalue weighted by molar-refractivity contribution is -0.149. The fraction of sp³-hybridized carbons (Fsp3) is 0.769. The minimum atomic E-state index is -0.851. The fourth-order valence-electron chi connectivity index (χ4n) is 2.82. The first-order valence-corrected chi connectivity index (χ1v) is 6.39. The van der Waals surface area contributed by atoms with E-state index in [-0.39, 0.29) is 5.78 Å². The SMILES string of the molecule is COC(=O)C1C(=O)[C@H]2CC[C@@H]1N2C(=O)OC(C)(C)C. The molecule has 6 heteroatoms. The van der Waals surface area contributed by atoms with Crippen molar-refractivity contribution in [2.45, 2.75) is 51.3 Å². The van der Waals surface area contributed by atoms with Crippen molar-refractivity contribution in [2.75, 3.05) is 7.11 Å². The zero-order valence-electron chi connectivity index (χ0n) is 11.6. The van der Waals surface area contributed by atoms with E-state index in [2.05, 4.69) is 4.74 Å². The molecule has 0 saturated carbocycles. The van der Waals surface area contributed by atoms with Crippen molar-refractivity contribution in [1.82, 2.24) is 4.90 Å². The number of amides is 1. The van der Waals surface area contributed by atoms with Gasteiger partial charge in [0.15, 0.2) is 5.78 Å². The minimum absolute atomic E-state index is 0.228. The largest absolute Gasteiger partial charge is 0.468 e. The van der Waals surface area contributed by atoms with Crippen LogP contribution in [0.2, 0.25) is 0 Å². The molecule has 2 aliphatic rings. The number of carbonyl (C=O) groups is 3. The van der Waals surface area contributed by atoms with Gasteiger partial charge in [0.05, 0.1) is 19.2 Å². The second-order valence-corrected chi connectivity index (χ2v) is 5.95. The molecule has 0 N–H and O–H groups in total. The minimum Gasteiger partial charge on any atom is -0.468 e. The van der Waals surface area contributed by atoms with Crippen LogP contribution >= 0.6 is 0 Å². The average molecular weight is 269 g/mol. The van der Waals surface area contributed by atoms with Crippen LogP contribution in [0.1, 0.15) is 33.6 Å². The molecular weight excluding hydrogens is 250 g/mol. The van der Waals surface area contributed by atoms with Crippen LogP contribution in [0.25, 0.3) is 0 Å². The third-order valence-corrected chi connectivity index (χ3v) is 3.51. The molecule has 2 heterocycles. The van der Waals surface area contributed by atoms with Gasteiger partial charge >= 0.3 is 12.1 Å². The number of carbonyl (C=O) groups excluding carboxylic acids is 3. The Morgan fingerprint density at radius 3 is 2.42 bits per heavy atom. The highest BCUT2D eigenvalue weighted by Crippen LogP contribution is 2.40. The summed E-state index contributed by atoms with van der Waals surface area (Å²) in [6.07, 6.45) is 0.700. The number of hydrogen-bond acceptors (Lipinski definition) is 5. The number of Topliss-reactive ketones (excluding diaryl/α,β-unsaturated/α-hetero) is 1. The van der Waals surface area contributed by atoms with Crippen molar-refractivity contribution in [2.24, 2.45) is 5.92 Å². The monoisotopic (exact) mass is 269 g/mol. The van der Waals surface area contributed by atoms with Gasteiger partial charge in [0, 0.05) is 0 Å². The van der Waals surface area contributed by atoms with Crippen LogP contribution in [-0.4, -0.2) is 47.5 Å². The number of hydrogen-bond donors (Lipinski definition) is 0. The summed E-state index contributed by atoms with van der Waals surface area (Å²) < 4.78 is 9.94. The Labute approximate surface area is 112 Å². The molecule has 0 aromatic rings. The molecule has 2 aliphatic heterocycles. The van der Waals surface area contributed by atoms with Gasteiger partial charge in [0.1, 0.15) is 11.5 Å². The molecule has 106 valence electrons. The lowest BCUT2D eigenvalue weighted by Crippen LogP contribution is -2.41. The Morgan fingerprint density at radius 2 is 1.89 bits per heavy atom. The number of fused-ring (bicyclic) bond motifs is 2. The van der Waals surface area contributed by atoms with E-state index in [1.807, 2.05) is 0 Å². The summed E-state index contributed by atoms with van der Waals surface area (Å²) >= 11 is 0. The van der Waals surface area contributed by atoms with Crippen LogP contribution in [0.4, 0.5) is 4.79 Å². The highest BCUT2D eigenvalue weighted by Gasteiger charge is 2.58. The van der Waals surface area contributed by atoms with Crippen LogP contribution in [0.15, 0.2) is 0 Å². The number of rotatable bonds is 1. The van der Waals surface area contributed by atoms with Gasteiger partial charge in [-0.3, -0.25) is 14.5 Å². The molecule has 1 unspecified atom stereocenters. The van der Waals surface area contributed by atoms with Crippen molar-refractivity contribution in [1.29, 1.82) is 0 Å². The van der Waals surface area contributed by atoms with Gasteiger partial charge < -0.3 is 9.47 Å². The van der Waals surface area contributed by atoms with E-state index in [4.69, 9.17) is 4.74 Å². The van der Waals surface area contributed by atoms with Crippen LogP contribution in [0.3, 0.4) is 0 Å². The number of ketones is 1. The molecule has 3 atom stereocenters. The predicted octanol–water partition coefficient (Wildman–Crippen LogP) is 1.13. The summed E-state index contributed by atoms with van der Waals surface area (Å²) in [6.45, 7) is 5.30. The molecule has 0 radical (unpaired) electrons. The van der Waals surface area contributed by atoms with E-state index >= 15 is 0 Å². The number of methoxy groups -OCH3 is 1. The predicted molar refractivity (Wildman–Crippen MR) is 65.4 cm³/mol. The Bertz CT molecular complexity index is 425. The van der Waals surface area contributed by atoms with E-state index in [9.17, 15) is 14.4 Å². The summed E-state index contributed by atoms with van der Waals surface area (Å²) in [7, 11) is 1.25. The topological polar surface area (TPSA) is 72.9 Å². The lowest BCUT2D eigenvalue weighted by Gasteiger charge is -2.27. The molecular formula is C13H19NO5. The summed E-state index contributed by atoms with van der Waals surface area (Å²) in [5, 5.41) is 0. The molecule has 0 aromatic heterocycles. The molecule has 19 heavy (non-hydrogen) atoms. The van der Waals surface area contributed by atoms with Gasteiger partial charge in [-0.05, 0) is 33.6 Å². The lowest BCUT2D eigenvalue weighted by atomic mass is 9.88. The molecule has 0 spiro atoms. The summed E-state index contributed by atoms with van der Waals surface area (Å²) in [6, 6.07) is -0.955. The van der Waals surface area contributed by atoms with Gasteiger partial charge in [-0.15, -0.1) is 0 Å². The first-order chi connectivity index (χ1) is 8.76. The quantitative estimate of drug-likeness (QED) is 0.527. The fourth-order valence-corrected chi connectivity index (χ4v) is 2.82. The normalized spacial score (nSPS) is 29.6. The highest BCUT2D eigenvalue weighted by atomic mass is 16.6. The number of nitrogens with zero attached hydrogens (tertiary/aromatic N) is 1.